The fourth-order valence-corrected chi connectivity index (χ4v) is 5.31. The lowest BCUT2D eigenvalue weighted by Gasteiger charge is -2.45. The zero-order valence-electron chi connectivity index (χ0n) is 18.8. The number of aliphatic carboxylic acids is 1. The highest BCUT2D eigenvalue weighted by Crippen LogP contribution is 2.48. The summed E-state index contributed by atoms with van der Waals surface area (Å²) < 4.78 is 0. The number of aliphatic hydroxyl groups excluding tert-OH is 1. The number of ketones is 1. The lowest BCUT2D eigenvalue weighted by Crippen LogP contribution is -2.40. The van der Waals surface area contributed by atoms with Gasteiger partial charge < -0.3 is 10.2 Å². The Morgan fingerprint density at radius 3 is 2.59 bits per heavy atom. The smallest absolute Gasteiger partial charge is 0.303 e. The molecular formula is C25H42O4. The standard InChI is InChI=1S/C25H42O4/c1-4-5-15-25(16-8-17-25)22(27)13-11-19-10-12-21(26)20(19)9-6-7-14-24(2,3)18-23(28)29/h11,13,19-20,22,27H,4-10,12,14-18H2,1-3H3,(H,28,29)/b13-11+/t19?,20-,22+/m1/s1. The third kappa shape index (κ3) is 6.94. The van der Waals surface area contributed by atoms with Crippen molar-refractivity contribution in [1.29, 1.82) is 0 Å². The number of carboxylic acid groups (broad SMARTS) is 1. The molecule has 0 heterocycles. The summed E-state index contributed by atoms with van der Waals surface area (Å²) in [4.78, 5) is 23.3. The third-order valence-electron chi connectivity index (χ3n) is 7.45. The van der Waals surface area contributed by atoms with Crippen LogP contribution in [-0.2, 0) is 9.59 Å². The molecule has 0 spiro atoms. The van der Waals surface area contributed by atoms with Crippen molar-refractivity contribution in [3.05, 3.63) is 12.2 Å². The van der Waals surface area contributed by atoms with E-state index in [-0.39, 0.29) is 35.2 Å². The monoisotopic (exact) mass is 406 g/mol. The molecule has 2 saturated carbocycles. The molecule has 0 saturated heterocycles. The van der Waals surface area contributed by atoms with Crippen LogP contribution in [0.5, 0.6) is 0 Å². The van der Waals surface area contributed by atoms with Crippen molar-refractivity contribution in [2.24, 2.45) is 22.7 Å². The lowest BCUT2D eigenvalue weighted by atomic mass is 9.62. The minimum atomic E-state index is -0.743. The van der Waals surface area contributed by atoms with Gasteiger partial charge in [-0.25, -0.2) is 0 Å². The van der Waals surface area contributed by atoms with Gasteiger partial charge in [-0.1, -0.05) is 65.0 Å². The van der Waals surface area contributed by atoms with E-state index in [0.717, 1.165) is 51.4 Å². The van der Waals surface area contributed by atoms with E-state index >= 15 is 0 Å². The molecule has 1 unspecified atom stereocenters. The van der Waals surface area contributed by atoms with E-state index in [4.69, 9.17) is 5.11 Å². The summed E-state index contributed by atoms with van der Waals surface area (Å²) in [6, 6.07) is 0. The Morgan fingerprint density at radius 1 is 1.28 bits per heavy atom. The number of rotatable bonds is 13. The summed E-state index contributed by atoms with van der Waals surface area (Å²) in [7, 11) is 0. The van der Waals surface area contributed by atoms with Gasteiger partial charge in [0.15, 0.2) is 0 Å². The SMILES string of the molecule is CCCCC1([C@@H](O)/C=C/C2CCC(=O)[C@@H]2CCCCC(C)(C)CC(=O)O)CCC1. The molecule has 2 aliphatic carbocycles. The first kappa shape index (κ1) is 24.1. The van der Waals surface area contributed by atoms with E-state index in [1.54, 1.807) is 0 Å². The summed E-state index contributed by atoms with van der Waals surface area (Å²) in [6.45, 7) is 6.21. The van der Waals surface area contributed by atoms with E-state index in [9.17, 15) is 14.7 Å². The fourth-order valence-electron chi connectivity index (χ4n) is 5.31. The molecule has 0 aromatic heterocycles. The molecule has 166 valence electrons. The molecule has 2 fully saturated rings. The maximum atomic E-state index is 12.4. The number of hydrogen-bond acceptors (Lipinski definition) is 3. The maximum Gasteiger partial charge on any atom is 0.303 e. The fraction of sp³-hybridized carbons (Fsp3) is 0.840. The van der Waals surface area contributed by atoms with Crippen molar-refractivity contribution in [3.63, 3.8) is 0 Å². The van der Waals surface area contributed by atoms with Crippen LogP contribution >= 0.6 is 0 Å². The molecule has 29 heavy (non-hydrogen) atoms. The first-order valence-electron chi connectivity index (χ1n) is 11.8. The van der Waals surface area contributed by atoms with Gasteiger partial charge in [0.1, 0.15) is 5.78 Å². The summed E-state index contributed by atoms with van der Waals surface area (Å²) in [5, 5.41) is 19.8. The van der Waals surface area contributed by atoms with Crippen LogP contribution in [-0.4, -0.2) is 28.1 Å². The molecule has 0 aromatic carbocycles. The average molecular weight is 407 g/mol. The Hall–Kier alpha value is -1.16. The van der Waals surface area contributed by atoms with E-state index in [1.165, 1.54) is 19.3 Å². The molecule has 0 aromatic rings. The predicted octanol–water partition coefficient (Wildman–Crippen LogP) is 5.92. The zero-order valence-corrected chi connectivity index (χ0v) is 18.8. The minimum absolute atomic E-state index is 0.0778. The topological polar surface area (TPSA) is 74.6 Å². The first-order chi connectivity index (χ1) is 13.7. The van der Waals surface area contributed by atoms with Gasteiger partial charge in [-0.05, 0) is 55.3 Å². The van der Waals surface area contributed by atoms with Crippen LogP contribution in [0.15, 0.2) is 12.2 Å². The number of carbonyl (C=O) groups excluding carboxylic acids is 1. The number of unbranched alkanes of at least 4 members (excludes halogenated alkanes) is 2. The van der Waals surface area contributed by atoms with Crippen molar-refractivity contribution in [2.45, 2.75) is 110 Å². The molecule has 4 nitrogen and oxygen atoms in total. The quantitative estimate of drug-likeness (QED) is 0.294. The van der Waals surface area contributed by atoms with E-state index < -0.39 is 5.97 Å². The summed E-state index contributed by atoms with van der Waals surface area (Å²) in [6.07, 6.45) is 16.1. The lowest BCUT2D eigenvalue weighted by molar-refractivity contribution is -0.139. The van der Waals surface area contributed by atoms with Gasteiger partial charge in [0.25, 0.3) is 0 Å². The van der Waals surface area contributed by atoms with E-state index in [0.29, 0.717) is 12.2 Å². The van der Waals surface area contributed by atoms with Crippen LogP contribution in [0.4, 0.5) is 0 Å². The Bertz CT molecular complexity index is 573. The normalized spacial score (nSPS) is 25.3. The molecule has 4 heteroatoms. The van der Waals surface area contributed by atoms with Crippen molar-refractivity contribution >= 4 is 11.8 Å². The van der Waals surface area contributed by atoms with Crippen LogP contribution < -0.4 is 0 Å². The van der Waals surface area contributed by atoms with Gasteiger partial charge >= 0.3 is 5.97 Å². The number of hydrogen-bond donors (Lipinski definition) is 2. The molecule has 0 bridgehead atoms. The van der Waals surface area contributed by atoms with Crippen LogP contribution in [0.3, 0.4) is 0 Å². The molecule has 0 aliphatic heterocycles. The predicted molar refractivity (Wildman–Crippen MR) is 117 cm³/mol. The summed E-state index contributed by atoms with van der Waals surface area (Å²) >= 11 is 0. The number of carboxylic acids is 1. The molecule has 2 rings (SSSR count). The van der Waals surface area contributed by atoms with Crippen LogP contribution in [0.2, 0.25) is 0 Å². The highest BCUT2D eigenvalue weighted by atomic mass is 16.4. The third-order valence-corrected chi connectivity index (χ3v) is 7.45. The van der Waals surface area contributed by atoms with Crippen molar-refractivity contribution < 1.29 is 19.8 Å². The van der Waals surface area contributed by atoms with Crippen molar-refractivity contribution in [2.75, 3.05) is 0 Å². The zero-order chi connectivity index (χ0) is 21.5. The largest absolute Gasteiger partial charge is 0.481 e. The number of allylic oxidation sites excluding steroid dienone is 1. The highest BCUT2D eigenvalue weighted by molar-refractivity contribution is 5.83. The van der Waals surface area contributed by atoms with Gasteiger partial charge in [-0.3, -0.25) is 9.59 Å². The molecule has 3 atom stereocenters. The van der Waals surface area contributed by atoms with Gasteiger partial charge in [-0.2, -0.15) is 0 Å². The average Bonchev–Trinajstić information content (AvgIpc) is 2.95. The van der Waals surface area contributed by atoms with Crippen molar-refractivity contribution in [3.8, 4) is 0 Å². The molecule has 0 radical (unpaired) electrons. The second kappa shape index (κ2) is 10.7. The molecule has 2 aliphatic rings. The Morgan fingerprint density at radius 2 is 2.00 bits per heavy atom. The second-order valence-electron chi connectivity index (χ2n) is 10.4. The van der Waals surface area contributed by atoms with E-state index in [2.05, 4.69) is 13.0 Å². The summed E-state index contributed by atoms with van der Waals surface area (Å²) in [5.41, 5.74) is -0.106. The van der Waals surface area contributed by atoms with Gasteiger partial charge in [0, 0.05) is 12.3 Å². The number of carbonyl (C=O) groups is 2. The van der Waals surface area contributed by atoms with Gasteiger partial charge in [0.05, 0.1) is 12.5 Å². The summed E-state index contributed by atoms with van der Waals surface area (Å²) in [5.74, 6) is -0.0438. The van der Waals surface area contributed by atoms with Gasteiger partial charge in [0.2, 0.25) is 0 Å². The van der Waals surface area contributed by atoms with Crippen LogP contribution in [0.1, 0.15) is 104 Å². The minimum Gasteiger partial charge on any atom is -0.481 e. The highest BCUT2D eigenvalue weighted by Gasteiger charge is 2.42. The van der Waals surface area contributed by atoms with Crippen LogP contribution in [0, 0.1) is 22.7 Å². The first-order valence-corrected chi connectivity index (χ1v) is 11.8. The second-order valence-corrected chi connectivity index (χ2v) is 10.4. The number of aliphatic hydroxyl groups is 1. The van der Waals surface area contributed by atoms with Gasteiger partial charge in [-0.15, -0.1) is 0 Å². The molecule has 0 amide bonds. The van der Waals surface area contributed by atoms with Crippen LogP contribution in [0.25, 0.3) is 0 Å². The van der Waals surface area contributed by atoms with E-state index in [1.807, 2.05) is 19.9 Å². The Labute approximate surface area is 177 Å². The number of Topliss-reactive ketones (excluding diaryl/α,β-unsaturated/α-hetero) is 1. The molecule has 2 N–H and O–H groups in total. The molecular weight excluding hydrogens is 364 g/mol. The van der Waals surface area contributed by atoms with Crippen molar-refractivity contribution in [1.82, 2.24) is 0 Å². The maximum absolute atomic E-state index is 12.4. The Kier molecular flexibility index (Phi) is 8.93. The Balaban J connectivity index is 1.83.